The van der Waals surface area contributed by atoms with E-state index in [4.69, 9.17) is 9.47 Å². The molecule has 4 heteroatoms. The van der Waals surface area contributed by atoms with Crippen molar-refractivity contribution in [1.82, 2.24) is 0 Å². The van der Waals surface area contributed by atoms with E-state index in [9.17, 15) is 9.59 Å². The summed E-state index contributed by atoms with van der Waals surface area (Å²) < 4.78 is 10.4. The molecule has 1 atom stereocenters. The van der Waals surface area contributed by atoms with Gasteiger partial charge in [-0.05, 0) is 31.0 Å². The number of benzene rings is 1. The third-order valence-electron chi connectivity index (χ3n) is 3.28. The van der Waals surface area contributed by atoms with Crippen molar-refractivity contribution in [1.29, 1.82) is 0 Å². The van der Waals surface area contributed by atoms with E-state index >= 15 is 0 Å². The normalized spacial score (nSPS) is 21.9. The molecule has 17 heavy (non-hydrogen) atoms. The number of carbonyl (C=O) groups excluding carboxylic acids is 2. The minimum absolute atomic E-state index is 0.0627. The van der Waals surface area contributed by atoms with E-state index in [1.807, 2.05) is 0 Å². The number of hydrogen-bond donors (Lipinski definition) is 0. The van der Waals surface area contributed by atoms with Crippen molar-refractivity contribution >= 4 is 11.6 Å². The summed E-state index contributed by atoms with van der Waals surface area (Å²) in [5.74, 6) is 0.759. The molecule has 1 aliphatic heterocycles. The van der Waals surface area contributed by atoms with Gasteiger partial charge >= 0.3 is 0 Å². The number of carbonyl (C=O) groups is 2. The largest absolute Gasteiger partial charge is 0.454 e. The summed E-state index contributed by atoms with van der Waals surface area (Å²) in [6, 6.07) is 5.08. The smallest absolute Gasteiger partial charge is 0.231 e. The van der Waals surface area contributed by atoms with Gasteiger partial charge in [0.25, 0.3) is 0 Å². The highest BCUT2D eigenvalue weighted by molar-refractivity contribution is 6.11. The minimum atomic E-state index is -0.449. The maximum atomic E-state index is 12.1. The molecule has 4 nitrogen and oxygen atoms in total. The Morgan fingerprint density at radius 3 is 2.82 bits per heavy atom. The van der Waals surface area contributed by atoms with Gasteiger partial charge in [0.05, 0.1) is 5.92 Å². The molecule has 88 valence electrons. The van der Waals surface area contributed by atoms with Gasteiger partial charge in [-0.2, -0.15) is 0 Å². The molecule has 0 radical (unpaired) electrons. The maximum Gasteiger partial charge on any atom is 0.231 e. The van der Waals surface area contributed by atoms with E-state index < -0.39 is 5.92 Å². The molecule has 0 spiro atoms. The fourth-order valence-electron chi connectivity index (χ4n) is 2.34. The number of hydrogen-bond acceptors (Lipinski definition) is 4. The highest BCUT2D eigenvalue weighted by Gasteiger charge is 2.32. The Kier molecular flexibility index (Phi) is 2.35. The van der Waals surface area contributed by atoms with Gasteiger partial charge in [-0.15, -0.1) is 0 Å². The van der Waals surface area contributed by atoms with Crippen LogP contribution in [0.25, 0.3) is 0 Å². The summed E-state index contributed by atoms with van der Waals surface area (Å²) in [5.41, 5.74) is 0.537. The Bertz CT molecular complexity index is 492. The molecule has 1 aromatic rings. The lowest BCUT2D eigenvalue weighted by atomic mass is 9.95. The van der Waals surface area contributed by atoms with E-state index in [2.05, 4.69) is 0 Å². The van der Waals surface area contributed by atoms with Crippen molar-refractivity contribution in [3.63, 3.8) is 0 Å². The fraction of sp³-hybridized carbons (Fsp3) is 0.385. The molecular weight excluding hydrogens is 220 g/mol. The summed E-state index contributed by atoms with van der Waals surface area (Å²) in [7, 11) is 0. The van der Waals surface area contributed by atoms with Crippen LogP contribution in [0.1, 0.15) is 29.6 Å². The van der Waals surface area contributed by atoms with Crippen LogP contribution in [0.5, 0.6) is 11.5 Å². The number of ketones is 2. The Hall–Kier alpha value is -1.84. The van der Waals surface area contributed by atoms with Crippen molar-refractivity contribution < 1.29 is 19.1 Å². The van der Waals surface area contributed by atoms with Crippen molar-refractivity contribution in [2.24, 2.45) is 5.92 Å². The van der Waals surface area contributed by atoms with E-state index in [0.717, 1.165) is 6.42 Å². The minimum Gasteiger partial charge on any atom is -0.454 e. The average Bonchev–Trinajstić information content (AvgIpc) is 2.95. The van der Waals surface area contributed by atoms with E-state index in [1.165, 1.54) is 0 Å². The quantitative estimate of drug-likeness (QED) is 0.577. The predicted octanol–water partition coefficient (Wildman–Crippen LogP) is 1.97. The molecule has 1 saturated carbocycles. The molecule has 3 rings (SSSR count). The first kappa shape index (κ1) is 10.3. The molecule has 1 aliphatic carbocycles. The first-order chi connectivity index (χ1) is 8.25. The standard InChI is InChI=1S/C13H12O4/c14-10-3-1-2-9(10)13(15)8-4-5-11-12(6-8)17-7-16-11/h4-6,9H,1-3,7H2. The van der Waals surface area contributed by atoms with Crippen LogP contribution in [0, 0.1) is 5.92 Å². The number of Topliss-reactive ketones (excluding diaryl/α,β-unsaturated/α-hetero) is 2. The zero-order valence-electron chi connectivity index (χ0n) is 9.27. The first-order valence-corrected chi connectivity index (χ1v) is 5.72. The SMILES string of the molecule is O=C1CCCC1C(=O)c1ccc2c(c1)OCO2. The Morgan fingerprint density at radius 1 is 1.24 bits per heavy atom. The zero-order valence-corrected chi connectivity index (χ0v) is 9.27. The second kappa shape index (κ2) is 3.87. The first-order valence-electron chi connectivity index (χ1n) is 5.72. The molecule has 0 amide bonds. The zero-order chi connectivity index (χ0) is 11.8. The molecule has 0 N–H and O–H groups in total. The third-order valence-corrected chi connectivity index (χ3v) is 3.28. The van der Waals surface area contributed by atoms with Crippen molar-refractivity contribution in [3.05, 3.63) is 23.8 Å². The maximum absolute atomic E-state index is 12.1. The van der Waals surface area contributed by atoms with Gasteiger partial charge in [0.1, 0.15) is 5.78 Å². The number of rotatable bonds is 2. The van der Waals surface area contributed by atoms with Crippen LogP contribution in [0.4, 0.5) is 0 Å². The lowest BCUT2D eigenvalue weighted by Gasteiger charge is -2.07. The molecule has 0 bridgehead atoms. The average molecular weight is 232 g/mol. The van der Waals surface area contributed by atoms with Crippen LogP contribution in [0.2, 0.25) is 0 Å². The molecule has 1 aromatic carbocycles. The van der Waals surface area contributed by atoms with Crippen LogP contribution in [-0.4, -0.2) is 18.4 Å². The van der Waals surface area contributed by atoms with Gasteiger partial charge in [-0.3, -0.25) is 9.59 Å². The molecule has 1 heterocycles. The molecule has 1 unspecified atom stereocenters. The predicted molar refractivity (Wildman–Crippen MR) is 59.2 cm³/mol. The van der Waals surface area contributed by atoms with Crippen molar-refractivity contribution in [2.75, 3.05) is 6.79 Å². The van der Waals surface area contributed by atoms with Gasteiger partial charge < -0.3 is 9.47 Å². The second-order valence-electron chi connectivity index (χ2n) is 4.34. The third kappa shape index (κ3) is 1.69. The summed E-state index contributed by atoms with van der Waals surface area (Å²) in [5, 5.41) is 0. The number of fused-ring (bicyclic) bond motifs is 1. The fourth-order valence-corrected chi connectivity index (χ4v) is 2.34. The molecule has 2 aliphatic rings. The van der Waals surface area contributed by atoms with Crippen molar-refractivity contribution in [3.8, 4) is 11.5 Å². The van der Waals surface area contributed by atoms with Gasteiger partial charge in [0.15, 0.2) is 17.3 Å². The van der Waals surface area contributed by atoms with Crippen molar-refractivity contribution in [2.45, 2.75) is 19.3 Å². The Balaban J connectivity index is 1.89. The molecule has 1 fully saturated rings. The molecule has 0 saturated heterocycles. The highest BCUT2D eigenvalue weighted by atomic mass is 16.7. The van der Waals surface area contributed by atoms with Crippen LogP contribution in [0.3, 0.4) is 0 Å². The van der Waals surface area contributed by atoms with E-state index in [0.29, 0.717) is 29.9 Å². The van der Waals surface area contributed by atoms with E-state index in [1.54, 1.807) is 18.2 Å². The highest BCUT2D eigenvalue weighted by Crippen LogP contribution is 2.34. The molecular formula is C13H12O4. The van der Waals surface area contributed by atoms with Gasteiger partial charge in [-0.25, -0.2) is 0 Å². The second-order valence-corrected chi connectivity index (χ2v) is 4.34. The van der Waals surface area contributed by atoms with Crippen LogP contribution >= 0.6 is 0 Å². The lowest BCUT2D eigenvalue weighted by Crippen LogP contribution is -2.18. The van der Waals surface area contributed by atoms with E-state index in [-0.39, 0.29) is 18.4 Å². The van der Waals surface area contributed by atoms with Crippen LogP contribution in [0.15, 0.2) is 18.2 Å². The van der Waals surface area contributed by atoms with Gasteiger partial charge in [0.2, 0.25) is 6.79 Å². The topological polar surface area (TPSA) is 52.6 Å². The molecule has 0 aromatic heterocycles. The van der Waals surface area contributed by atoms with Gasteiger partial charge in [0, 0.05) is 12.0 Å². The summed E-state index contributed by atoms with van der Waals surface area (Å²) in [6.45, 7) is 0.190. The Labute approximate surface area is 98.5 Å². The Morgan fingerprint density at radius 2 is 2.06 bits per heavy atom. The summed E-state index contributed by atoms with van der Waals surface area (Å²) in [6.07, 6.45) is 2.02. The number of ether oxygens (including phenoxy) is 2. The summed E-state index contributed by atoms with van der Waals surface area (Å²) >= 11 is 0. The lowest BCUT2D eigenvalue weighted by molar-refractivity contribution is -0.119. The van der Waals surface area contributed by atoms with Crippen LogP contribution < -0.4 is 9.47 Å². The van der Waals surface area contributed by atoms with Gasteiger partial charge in [-0.1, -0.05) is 0 Å². The van der Waals surface area contributed by atoms with Crippen LogP contribution in [-0.2, 0) is 4.79 Å². The summed E-state index contributed by atoms with van der Waals surface area (Å²) in [4.78, 5) is 23.7. The monoisotopic (exact) mass is 232 g/mol.